The van der Waals surface area contributed by atoms with Crippen molar-refractivity contribution in [1.82, 2.24) is 10.2 Å². The van der Waals surface area contributed by atoms with Gasteiger partial charge in [0, 0.05) is 26.3 Å². The molecule has 17 heavy (non-hydrogen) atoms. The summed E-state index contributed by atoms with van der Waals surface area (Å²) in [5.41, 5.74) is 0. The number of nitrogens with one attached hydrogen (secondary N) is 1. The first kappa shape index (κ1) is 14.9. The molecule has 4 heteroatoms. The van der Waals surface area contributed by atoms with Gasteiger partial charge >= 0.3 is 0 Å². The van der Waals surface area contributed by atoms with Crippen molar-refractivity contribution in [2.24, 2.45) is 0 Å². The van der Waals surface area contributed by atoms with Crippen molar-refractivity contribution in [1.29, 1.82) is 0 Å². The van der Waals surface area contributed by atoms with Crippen LogP contribution in [-0.2, 0) is 9.47 Å². The minimum Gasteiger partial charge on any atom is -0.381 e. The number of nitrogens with zero attached hydrogens (tertiary/aromatic N) is 1. The number of hydrogen-bond donors (Lipinski definition) is 1. The Morgan fingerprint density at radius 2 is 1.88 bits per heavy atom. The van der Waals surface area contributed by atoms with E-state index >= 15 is 0 Å². The second-order valence-corrected chi connectivity index (χ2v) is 4.52. The van der Waals surface area contributed by atoms with Gasteiger partial charge in [0.05, 0.1) is 13.2 Å². The minimum absolute atomic E-state index is 0.893. The molecular formula is C13H28N2O2. The lowest BCUT2D eigenvalue weighted by atomic mass is 10.3. The fourth-order valence-electron chi connectivity index (χ4n) is 1.92. The van der Waals surface area contributed by atoms with Crippen molar-refractivity contribution in [3.05, 3.63) is 0 Å². The molecule has 102 valence electrons. The van der Waals surface area contributed by atoms with Crippen molar-refractivity contribution in [2.75, 3.05) is 59.2 Å². The van der Waals surface area contributed by atoms with E-state index in [1.54, 1.807) is 0 Å². The molecule has 1 rings (SSSR count). The average Bonchev–Trinajstić information content (AvgIpc) is 2.38. The molecule has 0 aromatic carbocycles. The summed E-state index contributed by atoms with van der Waals surface area (Å²) < 4.78 is 10.7. The Morgan fingerprint density at radius 3 is 2.65 bits per heavy atom. The quantitative estimate of drug-likeness (QED) is 0.584. The third-order valence-corrected chi connectivity index (χ3v) is 2.92. The Balaban J connectivity index is 1.75. The lowest BCUT2D eigenvalue weighted by molar-refractivity contribution is 0.0374. The van der Waals surface area contributed by atoms with Gasteiger partial charge in [0.1, 0.15) is 0 Å². The lowest BCUT2D eigenvalue weighted by Gasteiger charge is -2.26. The van der Waals surface area contributed by atoms with Gasteiger partial charge in [-0.3, -0.25) is 4.90 Å². The minimum atomic E-state index is 0.893. The molecule has 1 aliphatic heterocycles. The molecule has 0 saturated carbocycles. The highest BCUT2D eigenvalue weighted by Crippen LogP contribution is 1.97. The van der Waals surface area contributed by atoms with Gasteiger partial charge in [0.15, 0.2) is 0 Å². The molecule has 0 atom stereocenters. The Labute approximate surface area is 106 Å². The molecular weight excluding hydrogens is 216 g/mol. The molecule has 1 N–H and O–H groups in total. The maximum absolute atomic E-state index is 5.42. The number of hydrogen-bond acceptors (Lipinski definition) is 4. The van der Waals surface area contributed by atoms with Crippen molar-refractivity contribution in [3.8, 4) is 0 Å². The Bertz CT molecular complexity index is 161. The van der Waals surface area contributed by atoms with Crippen LogP contribution < -0.4 is 5.32 Å². The summed E-state index contributed by atoms with van der Waals surface area (Å²) in [5.74, 6) is 0. The lowest BCUT2D eigenvalue weighted by Crippen LogP contribution is -2.37. The predicted molar refractivity (Wildman–Crippen MR) is 70.5 cm³/mol. The summed E-state index contributed by atoms with van der Waals surface area (Å²) in [6, 6.07) is 0. The summed E-state index contributed by atoms with van der Waals surface area (Å²) in [7, 11) is 0. The summed E-state index contributed by atoms with van der Waals surface area (Å²) in [4.78, 5) is 2.48. The van der Waals surface area contributed by atoms with Crippen LogP contribution in [0.3, 0.4) is 0 Å². The summed E-state index contributed by atoms with van der Waals surface area (Å²) >= 11 is 0. The Morgan fingerprint density at radius 1 is 1.12 bits per heavy atom. The zero-order valence-electron chi connectivity index (χ0n) is 11.2. The van der Waals surface area contributed by atoms with Gasteiger partial charge in [-0.1, -0.05) is 6.92 Å². The largest absolute Gasteiger partial charge is 0.381 e. The third-order valence-electron chi connectivity index (χ3n) is 2.92. The van der Waals surface area contributed by atoms with Gasteiger partial charge in [-0.2, -0.15) is 0 Å². The van der Waals surface area contributed by atoms with Crippen LogP contribution in [-0.4, -0.2) is 64.1 Å². The van der Waals surface area contributed by atoms with Crippen LogP contribution in [0.5, 0.6) is 0 Å². The molecule has 0 aromatic heterocycles. The van der Waals surface area contributed by atoms with Crippen LogP contribution >= 0.6 is 0 Å². The molecule has 0 spiro atoms. The van der Waals surface area contributed by atoms with Crippen LogP contribution in [0.2, 0.25) is 0 Å². The van der Waals surface area contributed by atoms with E-state index in [1.165, 1.54) is 13.0 Å². The monoisotopic (exact) mass is 244 g/mol. The first-order valence-corrected chi connectivity index (χ1v) is 7.02. The molecule has 0 radical (unpaired) electrons. The van der Waals surface area contributed by atoms with Gasteiger partial charge in [-0.05, 0) is 38.9 Å². The Hall–Kier alpha value is -0.160. The summed E-state index contributed by atoms with van der Waals surface area (Å²) in [6.45, 7) is 11.3. The Kier molecular flexibility index (Phi) is 9.61. The van der Waals surface area contributed by atoms with Gasteiger partial charge in [0.25, 0.3) is 0 Å². The van der Waals surface area contributed by atoms with E-state index in [-0.39, 0.29) is 0 Å². The molecule has 0 amide bonds. The highest BCUT2D eigenvalue weighted by atomic mass is 16.5. The van der Waals surface area contributed by atoms with Gasteiger partial charge < -0.3 is 14.8 Å². The van der Waals surface area contributed by atoms with Crippen molar-refractivity contribution in [3.63, 3.8) is 0 Å². The second-order valence-electron chi connectivity index (χ2n) is 4.52. The van der Waals surface area contributed by atoms with Crippen LogP contribution in [0.4, 0.5) is 0 Å². The topological polar surface area (TPSA) is 33.7 Å². The highest BCUT2D eigenvalue weighted by Gasteiger charge is 2.08. The smallest absolute Gasteiger partial charge is 0.0594 e. The summed E-state index contributed by atoms with van der Waals surface area (Å²) in [6.07, 6.45) is 3.47. The highest BCUT2D eigenvalue weighted by molar-refractivity contribution is 4.62. The van der Waals surface area contributed by atoms with E-state index in [2.05, 4.69) is 17.1 Å². The molecule has 1 heterocycles. The molecule has 0 aliphatic carbocycles. The fraction of sp³-hybridized carbons (Fsp3) is 1.00. The predicted octanol–water partition coefficient (Wildman–Crippen LogP) is 1.12. The van der Waals surface area contributed by atoms with Crippen molar-refractivity contribution >= 4 is 0 Å². The SMILES string of the molecule is CCCOCCCNCCCN1CCOCC1. The standard InChI is InChI=1S/C13H28N2O2/c1-2-10-16-11-4-6-14-5-3-7-15-8-12-17-13-9-15/h14H,2-13H2,1H3. The molecule has 1 saturated heterocycles. The number of ether oxygens (including phenoxy) is 2. The number of rotatable bonds is 10. The maximum atomic E-state index is 5.42. The summed E-state index contributed by atoms with van der Waals surface area (Å²) in [5, 5.41) is 3.46. The van der Waals surface area contributed by atoms with E-state index in [0.29, 0.717) is 0 Å². The van der Waals surface area contributed by atoms with Gasteiger partial charge in [0.2, 0.25) is 0 Å². The molecule has 1 fully saturated rings. The zero-order chi connectivity index (χ0) is 12.2. The number of morpholine rings is 1. The first-order valence-electron chi connectivity index (χ1n) is 7.02. The molecule has 0 bridgehead atoms. The zero-order valence-corrected chi connectivity index (χ0v) is 11.2. The van der Waals surface area contributed by atoms with Gasteiger partial charge in [-0.15, -0.1) is 0 Å². The van der Waals surface area contributed by atoms with Crippen molar-refractivity contribution in [2.45, 2.75) is 26.2 Å². The average molecular weight is 244 g/mol. The van der Waals surface area contributed by atoms with Crippen LogP contribution in [0, 0.1) is 0 Å². The first-order chi connectivity index (χ1) is 8.43. The van der Waals surface area contributed by atoms with Crippen LogP contribution in [0.15, 0.2) is 0 Å². The van der Waals surface area contributed by atoms with Gasteiger partial charge in [-0.25, -0.2) is 0 Å². The normalized spacial score (nSPS) is 17.5. The maximum Gasteiger partial charge on any atom is 0.0594 e. The molecule has 1 aliphatic rings. The van der Waals surface area contributed by atoms with E-state index < -0.39 is 0 Å². The third kappa shape index (κ3) is 8.55. The molecule has 4 nitrogen and oxygen atoms in total. The van der Waals surface area contributed by atoms with E-state index in [9.17, 15) is 0 Å². The van der Waals surface area contributed by atoms with Crippen molar-refractivity contribution < 1.29 is 9.47 Å². The fourth-order valence-corrected chi connectivity index (χ4v) is 1.92. The molecule has 0 unspecified atom stereocenters. The van der Waals surface area contributed by atoms with E-state index in [1.807, 2.05) is 0 Å². The van der Waals surface area contributed by atoms with Crippen LogP contribution in [0.25, 0.3) is 0 Å². The second kappa shape index (κ2) is 11.0. The van der Waals surface area contributed by atoms with E-state index in [0.717, 1.165) is 65.4 Å². The van der Waals surface area contributed by atoms with Crippen LogP contribution in [0.1, 0.15) is 26.2 Å². The molecule has 0 aromatic rings. The van der Waals surface area contributed by atoms with E-state index in [4.69, 9.17) is 9.47 Å².